The van der Waals surface area contributed by atoms with Gasteiger partial charge in [-0.15, -0.1) is 0 Å². The minimum absolute atomic E-state index is 0.496. The van der Waals surface area contributed by atoms with Gasteiger partial charge in [-0.05, 0) is 42.6 Å². The van der Waals surface area contributed by atoms with Gasteiger partial charge in [0.25, 0.3) is 0 Å². The van der Waals surface area contributed by atoms with Crippen LogP contribution in [-0.2, 0) is 6.54 Å². The Hall–Kier alpha value is -2.13. The van der Waals surface area contributed by atoms with Gasteiger partial charge in [-0.25, -0.2) is 0 Å². The summed E-state index contributed by atoms with van der Waals surface area (Å²) in [5, 5.41) is 1.35. The van der Waals surface area contributed by atoms with Crippen molar-refractivity contribution >= 4 is 10.9 Å². The summed E-state index contributed by atoms with van der Waals surface area (Å²) in [4.78, 5) is 10.3. The summed E-state index contributed by atoms with van der Waals surface area (Å²) >= 11 is 0. The number of hydrogen-bond acceptors (Lipinski definition) is 2. The van der Waals surface area contributed by atoms with Crippen molar-refractivity contribution in [1.82, 2.24) is 14.9 Å². The Morgan fingerprint density at radius 1 is 1.14 bits per heavy atom. The molecule has 0 aliphatic carbocycles. The number of para-hydroxylation sites is 1. The van der Waals surface area contributed by atoms with E-state index in [1.165, 1.54) is 47.8 Å². The number of hydrogen-bond donors (Lipinski definition) is 1. The fourth-order valence-electron chi connectivity index (χ4n) is 3.61. The molecule has 22 heavy (non-hydrogen) atoms. The normalized spacial score (nSPS) is 19.5. The van der Waals surface area contributed by atoms with Crippen LogP contribution in [0.15, 0.2) is 55.0 Å². The molecule has 1 aliphatic rings. The molecule has 112 valence electrons. The summed E-state index contributed by atoms with van der Waals surface area (Å²) in [7, 11) is 0. The maximum absolute atomic E-state index is 4.31. The van der Waals surface area contributed by atoms with Crippen LogP contribution in [0.25, 0.3) is 10.9 Å². The van der Waals surface area contributed by atoms with Crippen molar-refractivity contribution in [3.05, 3.63) is 66.1 Å². The number of piperidine rings is 1. The second-order valence-electron chi connectivity index (χ2n) is 6.13. The van der Waals surface area contributed by atoms with Crippen molar-refractivity contribution in [1.29, 1.82) is 0 Å². The molecule has 1 aliphatic heterocycles. The summed E-state index contributed by atoms with van der Waals surface area (Å²) in [6, 6.07) is 13.3. The monoisotopic (exact) mass is 291 g/mol. The van der Waals surface area contributed by atoms with Crippen molar-refractivity contribution in [2.75, 3.05) is 6.54 Å². The highest BCUT2D eigenvalue weighted by molar-refractivity contribution is 5.82. The lowest BCUT2D eigenvalue weighted by Crippen LogP contribution is -2.32. The first-order valence-corrected chi connectivity index (χ1v) is 8.11. The van der Waals surface area contributed by atoms with E-state index in [0.29, 0.717) is 6.04 Å². The zero-order valence-corrected chi connectivity index (χ0v) is 12.7. The van der Waals surface area contributed by atoms with Crippen molar-refractivity contribution in [3.63, 3.8) is 0 Å². The first kappa shape index (κ1) is 13.5. The Morgan fingerprint density at radius 2 is 2.09 bits per heavy atom. The van der Waals surface area contributed by atoms with E-state index in [0.717, 1.165) is 6.54 Å². The lowest BCUT2D eigenvalue weighted by Gasteiger charge is -2.35. The van der Waals surface area contributed by atoms with E-state index >= 15 is 0 Å². The van der Waals surface area contributed by atoms with Gasteiger partial charge in [-0.2, -0.15) is 0 Å². The van der Waals surface area contributed by atoms with Gasteiger partial charge >= 0.3 is 0 Å². The first-order valence-electron chi connectivity index (χ1n) is 8.11. The molecule has 0 bridgehead atoms. The topological polar surface area (TPSA) is 31.9 Å². The van der Waals surface area contributed by atoms with Gasteiger partial charge in [-0.1, -0.05) is 30.7 Å². The maximum atomic E-state index is 4.31. The highest BCUT2D eigenvalue weighted by Gasteiger charge is 2.24. The number of aromatic nitrogens is 2. The van der Waals surface area contributed by atoms with E-state index in [1.807, 2.05) is 18.5 Å². The molecule has 3 nitrogen and oxygen atoms in total. The van der Waals surface area contributed by atoms with Gasteiger partial charge in [0.2, 0.25) is 0 Å². The number of fused-ring (bicyclic) bond motifs is 1. The van der Waals surface area contributed by atoms with Crippen molar-refractivity contribution in [3.8, 4) is 0 Å². The molecule has 0 spiro atoms. The Kier molecular flexibility index (Phi) is 3.65. The van der Waals surface area contributed by atoms with Crippen LogP contribution < -0.4 is 0 Å². The average Bonchev–Trinajstić information content (AvgIpc) is 2.99. The van der Waals surface area contributed by atoms with Gasteiger partial charge in [0, 0.05) is 42.1 Å². The molecule has 0 amide bonds. The van der Waals surface area contributed by atoms with E-state index in [9.17, 15) is 0 Å². The molecule has 3 heterocycles. The van der Waals surface area contributed by atoms with Gasteiger partial charge in [0.1, 0.15) is 0 Å². The average molecular weight is 291 g/mol. The number of benzene rings is 1. The quantitative estimate of drug-likeness (QED) is 0.780. The summed E-state index contributed by atoms with van der Waals surface area (Å²) in [6.07, 6.45) is 9.88. The molecule has 0 unspecified atom stereocenters. The van der Waals surface area contributed by atoms with E-state index in [4.69, 9.17) is 0 Å². The molecular weight excluding hydrogens is 270 g/mol. The molecule has 3 heteroatoms. The van der Waals surface area contributed by atoms with E-state index in [1.54, 1.807) is 0 Å². The van der Waals surface area contributed by atoms with E-state index in [2.05, 4.69) is 51.4 Å². The summed E-state index contributed by atoms with van der Waals surface area (Å²) in [6.45, 7) is 2.17. The molecule has 1 atom stereocenters. The van der Waals surface area contributed by atoms with Crippen molar-refractivity contribution < 1.29 is 0 Å². The molecule has 1 saturated heterocycles. The second kappa shape index (κ2) is 5.93. The third-order valence-electron chi connectivity index (χ3n) is 4.73. The lowest BCUT2D eigenvalue weighted by molar-refractivity contribution is 0.141. The molecule has 2 aromatic heterocycles. The molecule has 1 aromatic carbocycles. The zero-order valence-electron chi connectivity index (χ0n) is 12.7. The predicted molar refractivity (Wildman–Crippen MR) is 89.5 cm³/mol. The lowest BCUT2D eigenvalue weighted by atomic mass is 9.96. The molecule has 4 rings (SSSR count). The van der Waals surface area contributed by atoms with Crippen LogP contribution in [-0.4, -0.2) is 21.4 Å². The minimum atomic E-state index is 0.496. The summed E-state index contributed by atoms with van der Waals surface area (Å²) in [5.74, 6) is 0. The Bertz CT molecular complexity index is 747. The fraction of sp³-hybridized carbons (Fsp3) is 0.316. The van der Waals surface area contributed by atoms with Gasteiger partial charge in [-0.3, -0.25) is 9.88 Å². The minimum Gasteiger partial charge on any atom is -0.361 e. The molecule has 1 fully saturated rings. The smallest absolute Gasteiger partial charge is 0.0457 e. The Labute approximate surface area is 131 Å². The fourth-order valence-corrected chi connectivity index (χ4v) is 3.61. The van der Waals surface area contributed by atoms with E-state index < -0.39 is 0 Å². The van der Waals surface area contributed by atoms with Crippen LogP contribution in [0.4, 0.5) is 0 Å². The second-order valence-corrected chi connectivity index (χ2v) is 6.13. The maximum Gasteiger partial charge on any atom is 0.0457 e. The number of aromatic amines is 1. The van der Waals surface area contributed by atoms with Gasteiger partial charge in [0.15, 0.2) is 0 Å². The molecule has 1 N–H and O–H groups in total. The van der Waals surface area contributed by atoms with Crippen molar-refractivity contribution in [2.24, 2.45) is 0 Å². The van der Waals surface area contributed by atoms with Gasteiger partial charge < -0.3 is 4.98 Å². The Morgan fingerprint density at radius 3 is 3.00 bits per heavy atom. The van der Waals surface area contributed by atoms with Crippen LogP contribution >= 0.6 is 0 Å². The van der Waals surface area contributed by atoms with Crippen LogP contribution in [0.5, 0.6) is 0 Å². The predicted octanol–water partition coefficient (Wildman–Crippen LogP) is 4.29. The zero-order chi connectivity index (χ0) is 14.8. The molecule has 0 saturated carbocycles. The standard InChI is InChI=1S/C19H21N3/c1-2-8-18-17(7-1)16(13-21-18)14-22-11-4-3-9-19(22)15-6-5-10-20-12-15/h1-2,5-8,10,12-13,19,21H,3-4,9,11,14H2/t19-/m0/s1. The molecule has 3 aromatic rings. The number of nitrogens with one attached hydrogen (secondary N) is 1. The van der Waals surface area contributed by atoms with Crippen molar-refractivity contribution in [2.45, 2.75) is 31.8 Å². The number of nitrogens with zero attached hydrogens (tertiary/aromatic N) is 2. The first-order chi connectivity index (χ1) is 10.9. The van der Waals surface area contributed by atoms with E-state index in [-0.39, 0.29) is 0 Å². The number of pyridine rings is 1. The third-order valence-corrected chi connectivity index (χ3v) is 4.73. The number of H-pyrrole nitrogens is 1. The van der Waals surface area contributed by atoms with Crippen LogP contribution in [0.3, 0.4) is 0 Å². The largest absolute Gasteiger partial charge is 0.361 e. The number of likely N-dealkylation sites (tertiary alicyclic amines) is 1. The summed E-state index contributed by atoms with van der Waals surface area (Å²) in [5.41, 5.74) is 3.97. The highest BCUT2D eigenvalue weighted by atomic mass is 15.2. The molecular formula is C19H21N3. The SMILES string of the molecule is c1cncc([C@@H]2CCCCN2Cc2c[nH]c3ccccc23)c1. The summed E-state index contributed by atoms with van der Waals surface area (Å²) < 4.78 is 0. The van der Waals surface area contributed by atoms with Crippen LogP contribution in [0.2, 0.25) is 0 Å². The number of rotatable bonds is 3. The van der Waals surface area contributed by atoms with Crippen LogP contribution in [0, 0.1) is 0 Å². The highest BCUT2D eigenvalue weighted by Crippen LogP contribution is 2.32. The molecule has 0 radical (unpaired) electrons. The van der Waals surface area contributed by atoms with Gasteiger partial charge in [0.05, 0.1) is 0 Å². The Balaban J connectivity index is 1.62. The third kappa shape index (κ3) is 2.53. The van der Waals surface area contributed by atoms with Crippen LogP contribution in [0.1, 0.15) is 36.4 Å².